The van der Waals surface area contributed by atoms with Crippen molar-refractivity contribution in [2.24, 2.45) is 5.92 Å². The number of carboxylic acid groups (broad SMARTS) is 1. The van der Waals surface area contributed by atoms with Gasteiger partial charge in [-0.1, -0.05) is 56.0 Å². The summed E-state index contributed by atoms with van der Waals surface area (Å²) in [4.78, 5) is 26.2. The highest BCUT2D eigenvalue weighted by Crippen LogP contribution is 2.33. The number of likely N-dealkylation sites (tertiary alicyclic amines) is 1. The van der Waals surface area contributed by atoms with Crippen molar-refractivity contribution in [3.63, 3.8) is 0 Å². The molecule has 1 saturated carbocycles. The van der Waals surface area contributed by atoms with E-state index in [2.05, 4.69) is 0 Å². The van der Waals surface area contributed by atoms with Crippen LogP contribution in [0, 0.1) is 5.92 Å². The highest BCUT2D eigenvalue weighted by atomic mass is 16.5. The average Bonchev–Trinajstić information content (AvgIpc) is 2.94. The molecule has 1 heterocycles. The van der Waals surface area contributed by atoms with E-state index in [1.54, 1.807) is 11.8 Å². The van der Waals surface area contributed by atoms with Gasteiger partial charge in [-0.25, -0.2) is 0 Å². The van der Waals surface area contributed by atoms with Crippen molar-refractivity contribution < 1.29 is 19.4 Å². The van der Waals surface area contributed by atoms with Crippen molar-refractivity contribution >= 4 is 11.9 Å². The summed E-state index contributed by atoms with van der Waals surface area (Å²) in [7, 11) is 0. The Morgan fingerprint density at radius 1 is 1.08 bits per heavy atom. The van der Waals surface area contributed by atoms with Crippen LogP contribution in [0.4, 0.5) is 0 Å². The van der Waals surface area contributed by atoms with Gasteiger partial charge in [-0.2, -0.15) is 0 Å². The Bertz CT molecular complexity index is 610. The zero-order valence-corrected chi connectivity index (χ0v) is 15.5. The highest BCUT2D eigenvalue weighted by molar-refractivity contribution is 5.82. The summed E-state index contributed by atoms with van der Waals surface area (Å²) in [6.07, 6.45) is 6.48. The second-order valence-corrected chi connectivity index (χ2v) is 7.60. The summed E-state index contributed by atoms with van der Waals surface area (Å²) < 4.78 is 6.04. The molecule has 2 aliphatic rings. The number of ether oxygens (including phenoxy) is 1. The molecule has 1 aromatic carbocycles. The van der Waals surface area contributed by atoms with Gasteiger partial charge in [0.15, 0.2) is 0 Å². The molecule has 1 saturated heterocycles. The molecule has 26 heavy (non-hydrogen) atoms. The SMILES string of the molecule is CC(OC1CCCCCC1)C(=O)N1C[C@H](C(=O)O)[C@H](c2ccccc2)C1. The van der Waals surface area contributed by atoms with Gasteiger partial charge in [0.2, 0.25) is 0 Å². The van der Waals surface area contributed by atoms with Gasteiger partial charge in [0, 0.05) is 19.0 Å². The van der Waals surface area contributed by atoms with Crippen molar-refractivity contribution in [1.29, 1.82) is 0 Å². The molecule has 1 amide bonds. The summed E-state index contributed by atoms with van der Waals surface area (Å²) in [5.41, 5.74) is 0.979. The minimum atomic E-state index is -0.841. The molecule has 1 aliphatic carbocycles. The van der Waals surface area contributed by atoms with Crippen LogP contribution in [0.3, 0.4) is 0 Å². The Morgan fingerprint density at radius 3 is 2.35 bits per heavy atom. The molecule has 5 nitrogen and oxygen atoms in total. The lowest BCUT2D eigenvalue weighted by atomic mass is 9.89. The lowest BCUT2D eigenvalue weighted by molar-refractivity contribution is -0.146. The Morgan fingerprint density at radius 2 is 1.73 bits per heavy atom. The van der Waals surface area contributed by atoms with Crippen LogP contribution < -0.4 is 0 Å². The molecule has 5 heteroatoms. The second kappa shape index (κ2) is 8.67. The van der Waals surface area contributed by atoms with E-state index in [0.29, 0.717) is 6.54 Å². The maximum Gasteiger partial charge on any atom is 0.308 e. The van der Waals surface area contributed by atoms with Crippen LogP contribution in [0.25, 0.3) is 0 Å². The molecular weight excluding hydrogens is 330 g/mol. The van der Waals surface area contributed by atoms with Gasteiger partial charge in [-0.3, -0.25) is 9.59 Å². The van der Waals surface area contributed by atoms with Crippen molar-refractivity contribution in [1.82, 2.24) is 4.90 Å². The predicted molar refractivity (Wildman–Crippen MR) is 98.9 cm³/mol. The Balaban J connectivity index is 1.64. The zero-order chi connectivity index (χ0) is 18.5. The summed E-state index contributed by atoms with van der Waals surface area (Å²) in [5.74, 6) is -1.65. The standard InChI is InChI=1S/C21H29NO4/c1-15(26-17-11-7-2-3-8-12-17)20(23)22-13-18(19(14-22)21(24)25)16-9-5-4-6-10-16/h4-6,9-10,15,17-19H,2-3,7-8,11-14H2,1H3,(H,24,25)/t15?,18-,19-/m0/s1. The largest absolute Gasteiger partial charge is 0.481 e. The van der Waals surface area contributed by atoms with E-state index in [4.69, 9.17) is 4.74 Å². The summed E-state index contributed by atoms with van der Waals surface area (Å²) in [6.45, 7) is 2.50. The molecule has 142 valence electrons. The molecular formula is C21H29NO4. The summed E-state index contributed by atoms with van der Waals surface area (Å²) in [5, 5.41) is 9.61. The van der Waals surface area contributed by atoms with E-state index in [1.807, 2.05) is 30.3 Å². The lowest BCUT2D eigenvalue weighted by Gasteiger charge is -2.25. The van der Waals surface area contributed by atoms with E-state index in [9.17, 15) is 14.7 Å². The number of carbonyl (C=O) groups excluding carboxylic acids is 1. The third kappa shape index (κ3) is 4.44. The number of carbonyl (C=O) groups is 2. The Kier molecular flexibility index (Phi) is 6.30. The first kappa shape index (κ1) is 18.9. The van der Waals surface area contributed by atoms with Crippen molar-refractivity contribution in [3.05, 3.63) is 35.9 Å². The van der Waals surface area contributed by atoms with E-state index >= 15 is 0 Å². The smallest absolute Gasteiger partial charge is 0.308 e. The number of hydrogen-bond donors (Lipinski definition) is 1. The number of rotatable bonds is 5. The van der Waals surface area contributed by atoms with Gasteiger partial charge in [0.1, 0.15) is 6.10 Å². The molecule has 1 aromatic rings. The van der Waals surface area contributed by atoms with Gasteiger partial charge in [-0.15, -0.1) is 0 Å². The molecule has 0 spiro atoms. The normalized spacial score (nSPS) is 25.7. The summed E-state index contributed by atoms with van der Waals surface area (Å²) in [6, 6.07) is 9.63. The fourth-order valence-electron chi connectivity index (χ4n) is 4.25. The first-order valence-electron chi connectivity index (χ1n) is 9.78. The van der Waals surface area contributed by atoms with Crippen molar-refractivity contribution in [2.45, 2.75) is 63.6 Å². The fourth-order valence-corrected chi connectivity index (χ4v) is 4.25. The maximum atomic E-state index is 12.9. The monoisotopic (exact) mass is 359 g/mol. The van der Waals surface area contributed by atoms with Gasteiger partial charge in [0.05, 0.1) is 12.0 Å². The van der Waals surface area contributed by atoms with Crippen LogP contribution in [0.5, 0.6) is 0 Å². The Labute approximate surface area is 155 Å². The molecule has 2 fully saturated rings. The third-order valence-corrected chi connectivity index (χ3v) is 5.72. The first-order valence-corrected chi connectivity index (χ1v) is 9.78. The Hall–Kier alpha value is -1.88. The molecule has 0 aromatic heterocycles. The van der Waals surface area contributed by atoms with Gasteiger partial charge in [-0.05, 0) is 25.3 Å². The number of amides is 1. The topological polar surface area (TPSA) is 66.8 Å². The molecule has 0 radical (unpaired) electrons. The van der Waals surface area contributed by atoms with E-state index in [1.165, 1.54) is 12.8 Å². The maximum absolute atomic E-state index is 12.9. The van der Waals surface area contributed by atoms with Crippen molar-refractivity contribution in [3.8, 4) is 0 Å². The minimum Gasteiger partial charge on any atom is -0.481 e. The molecule has 3 atom stereocenters. The number of nitrogens with zero attached hydrogens (tertiary/aromatic N) is 1. The summed E-state index contributed by atoms with van der Waals surface area (Å²) >= 11 is 0. The van der Waals surface area contributed by atoms with Crippen LogP contribution in [-0.2, 0) is 14.3 Å². The molecule has 1 N–H and O–H groups in total. The number of aliphatic carboxylic acids is 1. The first-order chi connectivity index (χ1) is 12.6. The quantitative estimate of drug-likeness (QED) is 0.818. The van der Waals surface area contributed by atoms with Gasteiger partial charge in [0.25, 0.3) is 5.91 Å². The molecule has 3 rings (SSSR count). The number of carboxylic acids is 1. The highest BCUT2D eigenvalue weighted by Gasteiger charge is 2.41. The molecule has 0 bridgehead atoms. The van der Waals surface area contributed by atoms with Crippen LogP contribution in [0.2, 0.25) is 0 Å². The van der Waals surface area contributed by atoms with E-state index in [-0.39, 0.29) is 24.5 Å². The third-order valence-electron chi connectivity index (χ3n) is 5.72. The average molecular weight is 359 g/mol. The lowest BCUT2D eigenvalue weighted by Crippen LogP contribution is -2.39. The molecule has 1 aliphatic heterocycles. The zero-order valence-electron chi connectivity index (χ0n) is 15.5. The number of benzene rings is 1. The minimum absolute atomic E-state index is 0.0843. The van der Waals surface area contributed by atoms with Crippen LogP contribution in [0.15, 0.2) is 30.3 Å². The van der Waals surface area contributed by atoms with Gasteiger partial charge >= 0.3 is 5.97 Å². The van der Waals surface area contributed by atoms with E-state index in [0.717, 1.165) is 31.2 Å². The van der Waals surface area contributed by atoms with Crippen LogP contribution >= 0.6 is 0 Å². The second-order valence-electron chi connectivity index (χ2n) is 7.60. The van der Waals surface area contributed by atoms with Crippen LogP contribution in [0.1, 0.15) is 56.9 Å². The van der Waals surface area contributed by atoms with E-state index < -0.39 is 18.0 Å². The predicted octanol–water partition coefficient (Wildman–Crippen LogP) is 3.44. The number of hydrogen-bond acceptors (Lipinski definition) is 3. The fraction of sp³-hybridized carbons (Fsp3) is 0.619. The van der Waals surface area contributed by atoms with Crippen molar-refractivity contribution in [2.75, 3.05) is 13.1 Å². The molecule has 1 unspecified atom stereocenters. The van der Waals surface area contributed by atoms with Gasteiger partial charge < -0.3 is 14.7 Å². The van der Waals surface area contributed by atoms with Crippen LogP contribution in [-0.4, -0.2) is 47.2 Å².